The van der Waals surface area contributed by atoms with Gasteiger partial charge < -0.3 is 19.5 Å². The van der Waals surface area contributed by atoms with E-state index in [1.165, 1.54) is 5.06 Å². The number of benzene rings is 1. The molecule has 9 heteroatoms. The van der Waals surface area contributed by atoms with E-state index in [1.54, 1.807) is 0 Å². The molecule has 0 radical (unpaired) electrons. The number of nitrogens with zero attached hydrogens (tertiary/aromatic N) is 3. The number of fused-ring (bicyclic) bond motifs is 2. The molecule has 2 atom stereocenters. The molecule has 1 aliphatic carbocycles. The van der Waals surface area contributed by atoms with Gasteiger partial charge in [0, 0.05) is 24.6 Å². The Morgan fingerprint density at radius 3 is 2.71 bits per heavy atom. The fraction of sp³-hybridized carbons (Fsp3) is 0.560. The zero-order valence-electron chi connectivity index (χ0n) is 19.9. The van der Waals surface area contributed by atoms with Crippen LogP contribution in [-0.2, 0) is 16.2 Å². The van der Waals surface area contributed by atoms with Crippen LogP contribution in [0, 0.1) is 0 Å². The number of hydroxylamine groups is 2. The van der Waals surface area contributed by atoms with E-state index in [1.807, 2.05) is 62.1 Å². The highest BCUT2D eigenvalue weighted by molar-refractivity contribution is 5.77. The SMILES string of the molecule is CC(C)(C)OC(=O)NC1CC(c2cc([C@@H]3CC[C@@H]4CN3C(=O)N4OCc3ccccc3)no2)C1. The van der Waals surface area contributed by atoms with Crippen molar-refractivity contribution in [2.24, 2.45) is 0 Å². The molecule has 2 aromatic rings. The smallest absolute Gasteiger partial charge is 0.407 e. The predicted octanol–water partition coefficient (Wildman–Crippen LogP) is 4.52. The van der Waals surface area contributed by atoms with Crippen molar-refractivity contribution in [2.75, 3.05) is 6.54 Å². The molecule has 5 rings (SSSR count). The van der Waals surface area contributed by atoms with Gasteiger partial charge in [-0.1, -0.05) is 35.5 Å². The third kappa shape index (κ3) is 4.75. The van der Waals surface area contributed by atoms with Gasteiger partial charge in [0.2, 0.25) is 0 Å². The number of alkyl carbamates (subject to hydrolysis) is 1. The zero-order chi connectivity index (χ0) is 23.9. The lowest BCUT2D eigenvalue weighted by Gasteiger charge is -2.34. The molecule has 3 heterocycles. The van der Waals surface area contributed by atoms with Crippen LogP contribution in [0.1, 0.15) is 75.4 Å². The van der Waals surface area contributed by atoms with Crippen LogP contribution in [0.4, 0.5) is 9.59 Å². The van der Waals surface area contributed by atoms with E-state index in [9.17, 15) is 9.59 Å². The number of carbonyl (C=O) groups excluding carboxylic acids is 2. The zero-order valence-corrected chi connectivity index (χ0v) is 19.9. The molecule has 2 bridgehead atoms. The van der Waals surface area contributed by atoms with Crippen LogP contribution in [0.25, 0.3) is 0 Å². The molecule has 0 spiro atoms. The topological polar surface area (TPSA) is 97.1 Å². The van der Waals surface area contributed by atoms with Crippen LogP contribution in [0.15, 0.2) is 40.9 Å². The molecule has 2 saturated heterocycles. The maximum absolute atomic E-state index is 13.1. The first-order chi connectivity index (χ1) is 16.3. The van der Waals surface area contributed by atoms with E-state index >= 15 is 0 Å². The average molecular weight is 469 g/mol. The molecule has 1 aromatic carbocycles. The second-order valence-corrected chi connectivity index (χ2v) is 10.4. The number of hydrogen-bond acceptors (Lipinski definition) is 6. The summed E-state index contributed by atoms with van der Waals surface area (Å²) in [5.74, 6) is 1.01. The standard InChI is InChI=1S/C25H32N4O5/c1-25(2,3)33-23(30)26-18-11-17(12-18)22-13-20(27-34-22)21-10-9-19-14-28(21)24(31)29(19)32-15-16-7-5-4-6-8-16/h4-8,13,17-19,21H,9-12,14-15H2,1-3H3,(H,26,30)/t17?,18?,19-,21+/m1/s1. The maximum Gasteiger partial charge on any atom is 0.407 e. The number of nitrogens with one attached hydrogen (secondary N) is 1. The number of amides is 3. The van der Waals surface area contributed by atoms with E-state index in [-0.39, 0.29) is 30.1 Å². The lowest BCUT2D eigenvalue weighted by atomic mass is 9.78. The van der Waals surface area contributed by atoms with E-state index in [2.05, 4.69) is 10.5 Å². The van der Waals surface area contributed by atoms with Crippen LogP contribution in [0.2, 0.25) is 0 Å². The fourth-order valence-electron chi connectivity index (χ4n) is 4.92. The molecule has 2 aliphatic heterocycles. The normalized spacial score (nSPS) is 26.4. The van der Waals surface area contributed by atoms with Gasteiger partial charge >= 0.3 is 12.1 Å². The van der Waals surface area contributed by atoms with Gasteiger partial charge in [0.25, 0.3) is 0 Å². The van der Waals surface area contributed by atoms with Gasteiger partial charge in [0.15, 0.2) is 0 Å². The summed E-state index contributed by atoms with van der Waals surface area (Å²) in [6.45, 7) is 6.54. The van der Waals surface area contributed by atoms with E-state index in [4.69, 9.17) is 14.1 Å². The average Bonchev–Trinajstić information content (AvgIpc) is 3.33. The van der Waals surface area contributed by atoms with Gasteiger partial charge in [-0.15, -0.1) is 0 Å². The van der Waals surface area contributed by atoms with Crippen LogP contribution >= 0.6 is 0 Å². The van der Waals surface area contributed by atoms with Crippen molar-refractivity contribution in [1.82, 2.24) is 20.4 Å². The van der Waals surface area contributed by atoms with Crippen molar-refractivity contribution >= 4 is 12.1 Å². The third-order valence-electron chi connectivity index (χ3n) is 6.69. The number of ether oxygens (including phenoxy) is 1. The summed E-state index contributed by atoms with van der Waals surface area (Å²) in [6, 6.07) is 11.7. The Morgan fingerprint density at radius 1 is 1.21 bits per heavy atom. The fourth-order valence-corrected chi connectivity index (χ4v) is 4.92. The molecule has 182 valence electrons. The van der Waals surface area contributed by atoms with Gasteiger partial charge in [0.1, 0.15) is 23.7 Å². The first-order valence-corrected chi connectivity index (χ1v) is 12.0. The molecule has 3 fully saturated rings. The van der Waals surface area contributed by atoms with Gasteiger partial charge in [0.05, 0.1) is 12.1 Å². The number of urea groups is 1. The van der Waals surface area contributed by atoms with Gasteiger partial charge in [-0.25, -0.2) is 9.59 Å². The third-order valence-corrected chi connectivity index (χ3v) is 6.69. The second kappa shape index (κ2) is 8.94. The molecule has 1 N–H and O–H groups in total. The van der Waals surface area contributed by atoms with E-state index < -0.39 is 11.7 Å². The number of carbonyl (C=O) groups is 2. The summed E-state index contributed by atoms with van der Waals surface area (Å²) >= 11 is 0. The Balaban J connectivity index is 1.15. The highest BCUT2D eigenvalue weighted by atomic mass is 16.7. The van der Waals surface area contributed by atoms with Crippen molar-refractivity contribution in [3.8, 4) is 0 Å². The van der Waals surface area contributed by atoms with Crippen molar-refractivity contribution in [3.63, 3.8) is 0 Å². The summed E-state index contributed by atoms with van der Waals surface area (Å²) in [7, 11) is 0. The lowest BCUT2D eigenvalue weighted by molar-refractivity contribution is -0.140. The largest absolute Gasteiger partial charge is 0.444 e. The highest BCUT2D eigenvalue weighted by Crippen LogP contribution is 2.41. The Labute approximate surface area is 199 Å². The summed E-state index contributed by atoms with van der Waals surface area (Å²) in [6.07, 6.45) is 2.85. The highest BCUT2D eigenvalue weighted by Gasteiger charge is 2.47. The molecular formula is C25H32N4O5. The van der Waals surface area contributed by atoms with Crippen LogP contribution in [0.3, 0.4) is 0 Å². The van der Waals surface area contributed by atoms with Crippen LogP contribution < -0.4 is 5.32 Å². The molecule has 1 aromatic heterocycles. The van der Waals surface area contributed by atoms with Crippen LogP contribution in [0.5, 0.6) is 0 Å². The number of aromatic nitrogens is 1. The second-order valence-electron chi connectivity index (χ2n) is 10.4. The first kappa shape index (κ1) is 22.7. The summed E-state index contributed by atoms with van der Waals surface area (Å²) in [4.78, 5) is 32.8. The predicted molar refractivity (Wildman–Crippen MR) is 123 cm³/mol. The molecule has 0 unspecified atom stereocenters. The number of hydrogen-bond donors (Lipinski definition) is 1. The Bertz CT molecular complexity index is 1030. The molecule has 3 aliphatic rings. The van der Waals surface area contributed by atoms with Crippen LogP contribution in [-0.4, -0.2) is 51.5 Å². The minimum Gasteiger partial charge on any atom is -0.444 e. The van der Waals surface area contributed by atoms with Gasteiger partial charge in [-0.05, 0) is 52.0 Å². The van der Waals surface area contributed by atoms with Gasteiger partial charge in [-0.3, -0.25) is 4.84 Å². The van der Waals surface area contributed by atoms with Crippen molar-refractivity contribution in [2.45, 2.75) is 82.7 Å². The van der Waals surface area contributed by atoms with E-state index in [0.717, 1.165) is 42.7 Å². The lowest BCUT2D eigenvalue weighted by Crippen LogP contribution is -2.45. The molecule has 3 amide bonds. The molecule has 9 nitrogen and oxygen atoms in total. The van der Waals surface area contributed by atoms with Crippen molar-refractivity contribution in [1.29, 1.82) is 0 Å². The van der Waals surface area contributed by atoms with Gasteiger partial charge in [-0.2, -0.15) is 5.06 Å². The summed E-state index contributed by atoms with van der Waals surface area (Å²) < 4.78 is 11.0. The van der Waals surface area contributed by atoms with Crippen molar-refractivity contribution in [3.05, 3.63) is 53.4 Å². The summed E-state index contributed by atoms with van der Waals surface area (Å²) in [5, 5.41) is 8.74. The molecular weight excluding hydrogens is 436 g/mol. The summed E-state index contributed by atoms with van der Waals surface area (Å²) in [5.41, 5.74) is 1.31. The van der Waals surface area contributed by atoms with Crippen molar-refractivity contribution < 1.29 is 23.7 Å². The molecule has 1 saturated carbocycles. The Hall–Kier alpha value is -3.07. The molecule has 34 heavy (non-hydrogen) atoms. The number of rotatable bonds is 6. The van der Waals surface area contributed by atoms with E-state index in [0.29, 0.717) is 13.2 Å². The quantitative estimate of drug-likeness (QED) is 0.670. The first-order valence-electron chi connectivity index (χ1n) is 12.0. The Kier molecular flexibility index (Phi) is 5.97. The minimum absolute atomic E-state index is 0.0603. The number of piperidine rings is 1. The monoisotopic (exact) mass is 468 g/mol. The Morgan fingerprint density at radius 2 is 1.97 bits per heavy atom. The maximum atomic E-state index is 13.1. The minimum atomic E-state index is -0.513.